The zero-order chi connectivity index (χ0) is 22.4. The number of pyridine rings is 1. The van der Waals surface area contributed by atoms with Gasteiger partial charge in [0.25, 0.3) is 5.91 Å². The van der Waals surface area contributed by atoms with Gasteiger partial charge in [0.2, 0.25) is 0 Å². The maximum Gasteiger partial charge on any atom is 0.255 e. The fourth-order valence-corrected chi connectivity index (χ4v) is 5.48. The Hall–Kier alpha value is -2.50. The topological polar surface area (TPSA) is 59.0 Å². The summed E-state index contributed by atoms with van der Waals surface area (Å²) in [4.78, 5) is 30.0. The molecule has 1 aromatic carbocycles. The predicted molar refractivity (Wildman–Crippen MR) is 126 cm³/mol. The molecule has 2 aromatic heterocycles. The second-order valence-corrected chi connectivity index (χ2v) is 9.57. The highest BCUT2D eigenvalue weighted by Crippen LogP contribution is 2.41. The number of benzene rings is 1. The summed E-state index contributed by atoms with van der Waals surface area (Å²) in [7, 11) is 0. The molecule has 2 bridgehead atoms. The molecule has 0 radical (unpaired) electrons. The average molecular weight is 467 g/mol. The summed E-state index contributed by atoms with van der Waals surface area (Å²) in [6.45, 7) is 4.77. The molecule has 0 saturated carbocycles. The first-order valence-corrected chi connectivity index (χ1v) is 11.7. The van der Waals surface area contributed by atoms with Crippen molar-refractivity contribution in [1.29, 1.82) is 0 Å². The highest BCUT2D eigenvalue weighted by molar-refractivity contribution is 6.43. The van der Waals surface area contributed by atoms with Crippen LogP contribution >= 0.6 is 23.2 Å². The summed E-state index contributed by atoms with van der Waals surface area (Å²) in [5.74, 6) is 1.15. The lowest BCUT2D eigenvalue weighted by Gasteiger charge is -2.33. The van der Waals surface area contributed by atoms with Crippen molar-refractivity contribution in [3.05, 3.63) is 75.3 Å². The van der Waals surface area contributed by atoms with E-state index in [-0.39, 0.29) is 17.9 Å². The van der Waals surface area contributed by atoms with E-state index in [1.165, 1.54) is 0 Å². The van der Waals surface area contributed by atoms with Gasteiger partial charge in [-0.2, -0.15) is 0 Å². The first-order chi connectivity index (χ1) is 15.4. The van der Waals surface area contributed by atoms with Crippen LogP contribution in [0.2, 0.25) is 10.0 Å². The lowest BCUT2D eigenvalue weighted by atomic mass is 9.83. The molecule has 4 heterocycles. The third kappa shape index (κ3) is 3.67. The van der Waals surface area contributed by atoms with Gasteiger partial charge < -0.3 is 4.90 Å². The van der Waals surface area contributed by atoms with E-state index in [4.69, 9.17) is 33.2 Å². The van der Waals surface area contributed by atoms with E-state index in [9.17, 15) is 4.79 Å². The summed E-state index contributed by atoms with van der Waals surface area (Å²) in [5.41, 5.74) is 4.35. The van der Waals surface area contributed by atoms with Crippen LogP contribution in [-0.4, -0.2) is 38.3 Å². The minimum Gasteiger partial charge on any atom is -0.334 e. The predicted octanol–water partition coefficient (Wildman–Crippen LogP) is 5.73. The molecule has 32 heavy (non-hydrogen) atoms. The van der Waals surface area contributed by atoms with Gasteiger partial charge in [-0.25, -0.2) is 9.97 Å². The first-order valence-electron chi connectivity index (χ1n) is 11.0. The monoisotopic (exact) mass is 466 g/mol. The molecule has 0 unspecified atom stereocenters. The van der Waals surface area contributed by atoms with Gasteiger partial charge in [-0.05, 0) is 56.4 Å². The molecule has 7 heteroatoms. The van der Waals surface area contributed by atoms with E-state index < -0.39 is 0 Å². The van der Waals surface area contributed by atoms with Crippen LogP contribution < -0.4 is 0 Å². The number of hydrogen-bond acceptors (Lipinski definition) is 4. The van der Waals surface area contributed by atoms with Crippen LogP contribution in [0.5, 0.6) is 0 Å². The van der Waals surface area contributed by atoms with Gasteiger partial charge in [-0.1, -0.05) is 42.3 Å². The Bertz CT molecular complexity index is 1180. The van der Waals surface area contributed by atoms with Gasteiger partial charge >= 0.3 is 0 Å². The molecule has 3 aromatic rings. The number of aryl methyl sites for hydroxylation is 1. The maximum absolute atomic E-state index is 13.7. The maximum atomic E-state index is 13.7. The highest BCUT2D eigenvalue weighted by atomic mass is 35.5. The highest BCUT2D eigenvalue weighted by Gasteiger charge is 2.41. The van der Waals surface area contributed by atoms with Crippen molar-refractivity contribution in [3.8, 4) is 11.4 Å². The molecule has 5 rings (SSSR count). The fraction of sp³-hybridized carbons (Fsp3) is 0.360. The minimum atomic E-state index is -0.0712. The van der Waals surface area contributed by atoms with Crippen LogP contribution in [-0.2, 0) is 6.42 Å². The first kappa shape index (κ1) is 21.4. The quantitative estimate of drug-likeness (QED) is 0.483. The second kappa shape index (κ2) is 8.45. The van der Waals surface area contributed by atoms with E-state index in [0.717, 1.165) is 41.3 Å². The number of halogens is 2. The fourth-order valence-electron chi connectivity index (χ4n) is 5.10. The van der Waals surface area contributed by atoms with Crippen molar-refractivity contribution in [3.63, 3.8) is 0 Å². The molecule has 0 N–H and O–H groups in total. The Labute approximate surface area is 197 Å². The van der Waals surface area contributed by atoms with Gasteiger partial charge in [0.05, 0.1) is 32.7 Å². The summed E-state index contributed by atoms with van der Waals surface area (Å²) < 4.78 is 0. The SMILES string of the molecule is Cc1nc(-c2ccccn2)c2c(n1)[C@@H]1CC[C@H](C)[C@@H](C2)N(C(=O)c2cccc(Cl)c2Cl)C1. The molecule has 2 aliphatic heterocycles. The van der Waals surface area contributed by atoms with E-state index in [0.29, 0.717) is 34.5 Å². The molecule has 1 saturated heterocycles. The molecule has 164 valence electrons. The Morgan fingerprint density at radius 1 is 1.09 bits per heavy atom. The molecule has 2 aliphatic rings. The van der Waals surface area contributed by atoms with Gasteiger partial charge in [0, 0.05) is 30.3 Å². The average Bonchev–Trinajstić information content (AvgIpc) is 3.06. The van der Waals surface area contributed by atoms with E-state index >= 15 is 0 Å². The van der Waals surface area contributed by atoms with Crippen molar-refractivity contribution < 1.29 is 4.79 Å². The summed E-state index contributed by atoms with van der Waals surface area (Å²) in [6.07, 6.45) is 4.51. The Morgan fingerprint density at radius 3 is 2.72 bits per heavy atom. The molecule has 1 amide bonds. The van der Waals surface area contributed by atoms with Crippen molar-refractivity contribution in [2.75, 3.05) is 6.54 Å². The zero-order valence-electron chi connectivity index (χ0n) is 18.1. The standard InChI is InChI=1S/C25H24Cl2N4O/c1-14-9-10-16-13-31(25(32)17-6-5-7-19(26)22(17)27)21(14)12-18-23(16)29-15(2)30-24(18)20-8-3-4-11-28-20/h3-8,11,14,16,21H,9-10,12-13H2,1-2H3/t14-,16+,21+/m0/s1. The summed E-state index contributed by atoms with van der Waals surface area (Å²) in [5, 5.41) is 0.707. The third-order valence-corrected chi connectivity index (χ3v) is 7.56. The van der Waals surface area contributed by atoms with Crippen LogP contribution in [0.15, 0.2) is 42.6 Å². The van der Waals surface area contributed by atoms with Crippen LogP contribution in [0.4, 0.5) is 0 Å². The lowest BCUT2D eigenvalue weighted by molar-refractivity contribution is 0.0639. The van der Waals surface area contributed by atoms with E-state index in [2.05, 4.69) is 11.9 Å². The summed E-state index contributed by atoms with van der Waals surface area (Å²) >= 11 is 12.7. The molecule has 3 atom stereocenters. The number of nitrogens with zero attached hydrogens (tertiary/aromatic N) is 4. The van der Waals surface area contributed by atoms with Crippen LogP contribution in [0.3, 0.4) is 0 Å². The number of amides is 1. The number of carbonyl (C=O) groups excluding carboxylic acids is 1. The number of carbonyl (C=O) groups is 1. The van der Waals surface area contributed by atoms with Crippen LogP contribution in [0, 0.1) is 12.8 Å². The summed E-state index contributed by atoms with van der Waals surface area (Å²) in [6, 6.07) is 11.1. The van der Waals surface area contributed by atoms with Gasteiger partial charge in [0.1, 0.15) is 5.82 Å². The Morgan fingerprint density at radius 2 is 1.94 bits per heavy atom. The smallest absolute Gasteiger partial charge is 0.255 e. The number of hydrogen-bond donors (Lipinski definition) is 0. The van der Waals surface area contributed by atoms with Crippen molar-refractivity contribution >= 4 is 29.1 Å². The minimum absolute atomic E-state index is 0.0255. The molecule has 0 spiro atoms. The van der Waals surface area contributed by atoms with Gasteiger partial charge in [0.15, 0.2) is 0 Å². The second-order valence-electron chi connectivity index (χ2n) is 8.78. The van der Waals surface area contributed by atoms with Crippen molar-refractivity contribution in [2.45, 2.75) is 45.1 Å². The number of aromatic nitrogens is 3. The van der Waals surface area contributed by atoms with Crippen molar-refractivity contribution in [2.24, 2.45) is 5.92 Å². The molecule has 1 fully saturated rings. The normalized spacial score (nSPS) is 22.2. The molecule has 5 nitrogen and oxygen atoms in total. The van der Waals surface area contributed by atoms with Crippen LogP contribution in [0.25, 0.3) is 11.4 Å². The van der Waals surface area contributed by atoms with E-state index in [1.807, 2.05) is 30.0 Å². The van der Waals surface area contributed by atoms with Crippen molar-refractivity contribution in [1.82, 2.24) is 19.9 Å². The Balaban J connectivity index is 1.63. The zero-order valence-corrected chi connectivity index (χ0v) is 19.6. The lowest BCUT2D eigenvalue weighted by Crippen LogP contribution is -2.44. The molecular formula is C25H24Cl2N4O. The molecular weight excluding hydrogens is 443 g/mol. The third-order valence-electron chi connectivity index (χ3n) is 6.75. The van der Waals surface area contributed by atoms with E-state index in [1.54, 1.807) is 24.4 Å². The molecule has 0 aliphatic carbocycles. The number of rotatable bonds is 2. The van der Waals surface area contributed by atoms with Gasteiger partial charge in [-0.15, -0.1) is 0 Å². The Kier molecular flexibility index (Phi) is 5.64. The van der Waals surface area contributed by atoms with Gasteiger partial charge in [-0.3, -0.25) is 9.78 Å². The largest absolute Gasteiger partial charge is 0.334 e. The number of fused-ring (bicyclic) bond motifs is 5. The van der Waals surface area contributed by atoms with Crippen LogP contribution in [0.1, 0.15) is 53.1 Å².